The van der Waals surface area contributed by atoms with E-state index in [0.717, 1.165) is 43.7 Å². The van der Waals surface area contributed by atoms with E-state index >= 15 is 0 Å². The largest absolute Gasteiger partial charge is 0.341 e. The quantitative estimate of drug-likeness (QED) is 0.654. The van der Waals surface area contributed by atoms with Crippen molar-refractivity contribution in [1.29, 1.82) is 0 Å². The highest BCUT2D eigenvalue weighted by Crippen LogP contribution is 2.34. The molecule has 1 aromatic rings. The molecule has 4 rings (SSSR count). The molecule has 1 saturated carbocycles. The Morgan fingerprint density at radius 2 is 1.75 bits per heavy atom. The monoisotopic (exact) mass is 409 g/mol. The summed E-state index contributed by atoms with van der Waals surface area (Å²) < 4.78 is 26.1. The molecular weight excluding hydrogens is 374 g/mol. The molecule has 3 fully saturated rings. The van der Waals surface area contributed by atoms with Crippen molar-refractivity contribution in [3.63, 3.8) is 0 Å². The smallest absolute Gasteiger partial charge is 0.227 e. The highest BCUT2D eigenvalue weighted by Gasteiger charge is 2.32. The van der Waals surface area contributed by atoms with Gasteiger partial charge in [0.05, 0.1) is 5.25 Å². The van der Waals surface area contributed by atoms with Crippen LogP contribution in [0, 0.1) is 11.8 Å². The molecule has 1 aromatic heterocycles. The summed E-state index contributed by atoms with van der Waals surface area (Å²) in [5.74, 6) is 3.55. The maximum atomic E-state index is 11.9. The van der Waals surface area contributed by atoms with Gasteiger partial charge in [0.2, 0.25) is 5.95 Å². The van der Waals surface area contributed by atoms with E-state index < -0.39 is 9.84 Å². The zero-order chi connectivity index (χ0) is 19.7. The summed E-state index contributed by atoms with van der Waals surface area (Å²) in [7, 11) is -2.95. The fraction of sp³-hybridized carbons (Fsp3) is 0.900. The molecule has 1 atom stereocenters. The fourth-order valence-electron chi connectivity index (χ4n) is 4.80. The first-order valence-corrected chi connectivity index (χ1v) is 13.0. The molecule has 0 aromatic carbocycles. The summed E-state index contributed by atoms with van der Waals surface area (Å²) >= 11 is 0. The van der Waals surface area contributed by atoms with Gasteiger partial charge in [-0.2, -0.15) is 0 Å². The molecule has 2 aliphatic heterocycles. The van der Waals surface area contributed by atoms with Crippen LogP contribution in [0.2, 0.25) is 0 Å². The Kier molecular flexibility index (Phi) is 5.97. The SMILES string of the molecule is CCCN1CCC(Cn2c(CC3CC3)nnc2N2CCC(S(C)(=O)=O)CC2)C1. The van der Waals surface area contributed by atoms with Crippen LogP contribution >= 0.6 is 0 Å². The van der Waals surface area contributed by atoms with Crippen LogP contribution < -0.4 is 4.90 Å². The van der Waals surface area contributed by atoms with Crippen LogP contribution in [0.4, 0.5) is 5.95 Å². The Morgan fingerprint density at radius 3 is 2.39 bits per heavy atom. The molecule has 0 amide bonds. The van der Waals surface area contributed by atoms with Gasteiger partial charge in [-0.15, -0.1) is 10.2 Å². The second-order valence-electron chi connectivity index (χ2n) is 9.15. The summed E-state index contributed by atoms with van der Waals surface area (Å²) in [5.41, 5.74) is 0. The molecule has 3 aliphatic rings. The highest BCUT2D eigenvalue weighted by molar-refractivity contribution is 7.91. The minimum absolute atomic E-state index is 0.205. The topological polar surface area (TPSA) is 71.3 Å². The molecule has 3 heterocycles. The normalized spacial score (nSPS) is 24.9. The average Bonchev–Trinajstić information content (AvgIpc) is 3.23. The second-order valence-corrected chi connectivity index (χ2v) is 11.5. The predicted octanol–water partition coefficient (Wildman–Crippen LogP) is 1.98. The van der Waals surface area contributed by atoms with E-state index in [2.05, 4.69) is 31.5 Å². The Labute approximate surface area is 169 Å². The third kappa shape index (κ3) is 4.70. The molecule has 8 heteroatoms. The van der Waals surface area contributed by atoms with E-state index in [0.29, 0.717) is 18.8 Å². The second kappa shape index (κ2) is 8.30. The van der Waals surface area contributed by atoms with Crippen LogP contribution in [0.5, 0.6) is 0 Å². The van der Waals surface area contributed by atoms with E-state index in [1.54, 1.807) is 0 Å². The Morgan fingerprint density at radius 1 is 1.00 bits per heavy atom. The molecule has 28 heavy (non-hydrogen) atoms. The van der Waals surface area contributed by atoms with Gasteiger partial charge in [-0.05, 0) is 63.5 Å². The Balaban J connectivity index is 1.47. The van der Waals surface area contributed by atoms with Crippen molar-refractivity contribution in [2.75, 3.05) is 43.9 Å². The van der Waals surface area contributed by atoms with Crippen molar-refractivity contribution >= 4 is 15.8 Å². The maximum absolute atomic E-state index is 11.9. The number of sulfone groups is 1. The van der Waals surface area contributed by atoms with Gasteiger partial charge in [0.25, 0.3) is 0 Å². The van der Waals surface area contributed by atoms with Gasteiger partial charge in [-0.25, -0.2) is 8.42 Å². The zero-order valence-corrected chi connectivity index (χ0v) is 18.2. The van der Waals surface area contributed by atoms with E-state index in [4.69, 9.17) is 0 Å². The minimum Gasteiger partial charge on any atom is -0.341 e. The van der Waals surface area contributed by atoms with Gasteiger partial charge in [0.15, 0.2) is 0 Å². The number of aromatic nitrogens is 3. The lowest BCUT2D eigenvalue weighted by molar-refractivity contribution is 0.316. The predicted molar refractivity (Wildman–Crippen MR) is 111 cm³/mol. The minimum atomic E-state index is -2.95. The first kappa shape index (κ1) is 20.1. The summed E-state index contributed by atoms with van der Waals surface area (Å²) in [4.78, 5) is 4.84. The Bertz CT molecular complexity index is 766. The third-order valence-electron chi connectivity index (χ3n) is 6.66. The van der Waals surface area contributed by atoms with Crippen LogP contribution in [0.1, 0.15) is 51.3 Å². The molecule has 1 unspecified atom stereocenters. The number of piperidine rings is 1. The standard InChI is InChI=1S/C20H35N5O2S/c1-3-9-23-10-6-17(14-23)15-25-19(13-16-4-5-16)21-22-20(25)24-11-7-18(8-12-24)28(2,26)27/h16-18H,3-15H2,1-2H3. The van der Waals surface area contributed by atoms with Gasteiger partial charge >= 0.3 is 0 Å². The average molecular weight is 410 g/mol. The van der Waals surface area contributed by atoms with Crippen molar-refractivity contribution in [2.24, 2.45) is 11.8 Å². The van der Waals surface area contributed by atoms with Crippen molar-refractivity contribution in [3.8, 4) is 0 Å². The van der Waals surface area contributed by atoms with Gasteiger partial charge in [0, 0.05) is 38.9 Å². The number of hydrogen-bond acceptors (Lipinski definition) is 6. The third-order valence-corrected chi connectivity index (χ3v) is 8.34. The number of nitrogens with zero attached hydrogens (tertiary/aromatic N) is 5. The molecule has 158 valence electrons. The van der Waals surface area contributed by atoms with Crippen LogP contribution in [0.3, 0.4) is 0 Å². The van der Waals surface area contributed by atoms with Gasteiger partial charge in [-0.1, -0.05) is 6.92 Å². The Hall–Kier alpha value is -1.15. The summed E-state index contributed by atoms with van der Waals surface area (Å²) in [6, 6.07) is 0. The van der Waals surface area contributed by atoms with E-state index in [1.165, 1.54) is 51.6 Å². The van der Waals surface area contributed by atoms with Gasteiger partial charge < -0.3 is 9.80 Å². The van der Waals surface area contributed by atoms with Crippen LogP contribution in [-0.2, 0) is 22.8 Å². The van der Waals surface area contributed by atoms with Crippen LogP contribution in [0.15, 0.2) is 0 Å². The first-order valence-electron chi connectivity index (χ1n) is 11.0. The number of anilines is 1. The fourth-order valence-corrected chi connectivity index (χ4v) is 5.87. The van der Waals surface area contributed by atoms with Crippen LogP contribution in [0.25, 0.3) is 0 Å². The van der Waals surface area contributed by atoms with E-state index in [9.17, 15) is 8.42 Å². The first-order chi connectivity index (χ1) is 13.4. The summed E-state index contributed by atoms with van der Waals surface area (Å²) in [5, 5.41) is 8.95. The van der Waals surface area contributed by atoms with Gasteiger partial charge in [-0.3, -0.25) is 4.57 Å². The molecule has 7 nitrogen and oxygen atoms in total. The van der Waals surface area contributed by atoms with E-state index in [-0.39, 0.29) is 5.25 Å². The van der Waals surface area contributed by atoms with Gasteiger partial charge in [0.1, 0.15) is 15.7 Å². The highest BCUT2D eigenvalue weighted by atomic mass is 32.2. The van der Waals surface area contributed by atoms with Crippen LogP contribution in [-0.4, -0.2) is 72.3 Å². The summed E-state index contributed by atoms with van der Waals surface area (Å²) in [6.45, 7) is 8.32. The lowest BCUT2D eigenvalue weighted by Gasteiger charge is -2.32. The van der Waals surface area contributed by atoms with Crippen molar-refractivity contribution < 1.29 is 8.42 Å². The zero-order valence-electron chi connectivity index (χ0n) is 17.4. The van der Waals surface area contributed by atoms with Crippen molar-refractivity contribution in [1.82, 2.24) is 19.7 Å². The molecule has 0 N–H and O–H groups in total. The maximum Gasteiger partial charge on any atom is 0.227 e. The summed E-state index contributed by atoms with van der Waals surface area (Å²) in [6.07, 6.45) is 8.88. The van der Waals surface area contributed by atoms with Crippen molar-refractivity contribution in [3.05, 3.63) is 5.82 Å². The van der Waals surface area contributed by atoms with E-state index in [1.807, 2.05) is 0 Å². The number of likely N-dealkylation sites (tertiary alicyclic amines) is 1. The molecule has 0 bridgehead atoms. The number of hydrogen-bond donors (Lipinski definition) is 0. The number of rotatable bonds is 8. The molecule has 0 radical (unpaired) electrons. The molecular formula is C20H35N5O2S. The lowest BCUT2D eigenvalue weighted by Crippen LogP contribution is -2.40. The molecule has 1 aliphatic carbocycles. The lowest BCUT2D eigenvalue weighted by atomic mass is 10.1. The molecule has 2 saturated heterocycles. The molecule has 0 spiro atoms. The van der Waals surface area contributed by atoms with Crippen molar-refractivity contribution in [2.45, 2.75) is 63.7 Å².